The number of benzene rings is 1. The molecular formula is C17H24N6O2S. The minimum atomic E-state index is -0.533. The molecule has 1 aromatic heterocycles. The summed E-state index contributed by atoms with van der Waals surface area (Å²) < 4.78 is 1.62. The summed E-state index contributed by atoms with van der Waals surface area (Å²) in [7, 11) is 0. The molecule has 0 bridgehead atoms. The number of hydrogen-bond donors (Lipinski definition) is 2. The molecule has 1 atom stereocenters. The largest absolute Gasteiger partial charge is 0.338 e. The predicted molar refractivity (Wildman–Crippen MR) is 100 cm³/mol. The van der Waals surface area contributed by atoms with E-state index in [9.17, 15) is 9.59 Å². The van der Waals surface area contributed by atoms with E-state index in [0.717, 1.165) is 16.8 Å². The monoisotopic (exact) mass is 376 g/mol. The highest BCUT2D eigenvalue weighted by Gasteiger charge is 2.22. The number of carbonyl (C=O) groups is 2. The molecule has 0 radical (unpaired) electrons. The Morgan fingerprint density at radius 3 is 2.46 bits per heavy atom. The van der Waals surface area contributed by atoms with E-state index in [1.54, 1.807) is 11.6 Å². The average molecular weight is 376 g/mol. The van der Waals surface area contributed by atoms with Crippen LogP contribution in [0.4, 0.5) is 4.79 Å². The van der Waals surface area contributed by atoms with Gasteiger partial charge in [-0.15, -0.1) is 5.10 Å². The molecule has 1 aromatic carbocycles. The fourth-order valence-corrected chi connectivity index (χ4v) is 3.09. The van der Waals surface area contributed by atoms with Gasteiger partial charge in [0.05, 0.1) is 10.9 Å². The lowest BCUT2D eigenvalue weighted by molar-refractivity contribution is -0.119. The fraction of sp³-hybridized carbons (Fsp3) is 0.471. The fourth-order valence-electron chi connectivity index (χ4n) is 2.30. The summed E-state index contributed by atoms with van der Waals surface area (Å²) in [5.74, 6) is -0.0862. The normalized spacial score (nSPS) is 12.1. The maximum atomic E-state index is 12.2. The van der Waals surface area contributed by atoms with E-state index >= 15 is 0 Å². The third kappa shape index (κ3) is 5.04. The number of carbonyl (C=O) groups excluding carboxylic acids is 2. The molecule has 2 rings (SSSR count). The maximum Gasteiger partial charge on any atom is 0.321 e. The summed E-state index contributed by atoms with van der Waals surface area (Å²) in [5.41, 5.74) is 2.95. The molecule has 0 aliphatic carbocycles. The van der Waals surface area contributed by atoms with E-state index < -0.39 is 17.2 Å². The molecule has 8 nitrogen and oxygen atoms in total. The van der Waals surface area contributed by atoms with E-state index in [1.165, 1.54) is 11.8 Å². The standard InChI is InChI=1S/C17H24N6O2S/c1-10(2)9-18-16(25)19-15(24)13(5)26-17-20-21-22-23(17)14-11(3)7-6-8-12(14)4/h6-8,10,13H,9H2,1-5H3,(H2,18,19,24,25). The van der Waals surface area contributed by atoms with Gasteiger partial charge in [-0.25, -0.2) is 4.79 Å². The number of amides is 3. The molecule has 0 fully saturated rings. The molecule has 2 N–H and O–H groups in total. The summed E-state index contributed by atoms with van der Waals surface area (Å²) in [4.78, 5) is 24.0. The van der Waals surface area contributed by atoms with Gasteiger partial charge in [0.1, 0.15) is 0 Å². The number of aromatic nitrogens is 4. The molecule has 9 heteroatoms. The molecule has 1 unspecified atom stereocenters. The molecule has 0 spiro atoms. The topological polar surface area (TPSA) is 102 Å². The highest BCUT2D eigenvalue weighted by Crippen LogP contribution is 2.26. The highest BCUT2D eigenvalue weighted by molar-refractivity contribution is 8.00. The molecule has 0 aliphatic heterocycles. The van der Waals surface area contributed by atoms with Crippen LogP contribution in [0.2, 0.25) is 0 Å². The minimum absolute atomic E-state index is 0.310. The van der Waals surface area contributed by atoms with Gasteiger partial charge >= 0.3 is 6.03 Å². The van der Waals surface area contributed by atoms with Crippen LogP contribution >= 0.6 is 11.8 Å². The second kappa shape index (κ2) is 8.79. The van der Waals surface area contributed by atoms with Crippen molar-refractivity contribution in [2.24, 2.45) is 5.92 Å². The van der Waals surface area contributed by atoms with Gasteiger partial charge in [-0.1, -0.05) is 43.8 Å². The summed E-state index contributed by atoms with van der Waals surface area (Å²) in [5, 5.41) is 16.8. The van der Waals surface area contributed by atoms with Crippen LogP contribution in [0.25, 0.3) is 5.69 Å². The van der Waals surface area contributed by atoms with Crippen molar-refractivity contribution >= 4 is 23.7 Å². The highest BCUT2D eigenvalue weighted by atomic mass is 32.2. The van der Waals surface area contributed by atoms with Gasteiger partial charge in [0.15, 0.2) is 0 Å². The number of para-hydroxylation sites is 1. The maximum absolute atomic E-state index is 12.2. The van der Waals surface area contributed by atoms with E-state index in [-0.39, 0.29) is 0 Å². The van der Waals surface area contributed by atoms with Crippen LogP contribution < -0.4 is 10.6 Å². The number of imide groups is 1. The number of rotatable bonds is 6. The van der Waals surface area contributed by atoms with E-state index in [4.69, 9.17) is 0 Å². The zero-order valence-electron chi connectivity index (χ0n) is 15.6. The third-order valence-corrected chi connectivity index (χ3v) is 4.68. The van der Waals surface area contributed by atoms with Crippen molar-refractivity contribution in [2.75, 3.05) is 6.54 Å². The summed E-state index contributed by atoms with van der Waals surface area (Å²) >= 11 is 1.20. The van der Waals surface area contributed by atoms with Crippen molar-refractivity contribution in [2.45, 2.75) is 45.0 Å². The first-order valence-corrected chi connectivity index (χ1v) is 9.28. The number of urea groups is 1. The molecule has 0 saturated heterocycles. The van der Waals surface area contributed by atoms with Crippen LogP contribution in [0, 0.1) is 19.8 Å². The van der Waals surface area contributed by atoms with Gasteiger partial charge in [0.2, 0.25) is 11.1 Å². The number of thioether (sulfide) groups is 1. The number of nitrogens with one attached hydrogen (secondary N) is 2. The zero-order chi connectivity index (χ0) is 19.3. The van der Waals surface area contributed by atoms with Gasteiger partial charge in [-0.3, -0.25) is 10.1 Å². The molecule has 26 heavy (non-hydrogen) atoms. The molecular weight excluding hydrogens is 352 g/mol. The van der Waals surface area contributed by atoms with E-state index in [2.05, 4.69) is 26.2 Å². The van der Waals surface area contributed by atoms with Crippen molar-refractivity contribution in [1.29, 1.82) is 0 Å². The molecule has 0 aliphatic rings. The van der Waals surface area contributed by atoms with Crippen molar-refractivity contribution in [3.8, 4) is 5.69 Å². The van der Waals surface area contributed by atoms with Crippen LogP contribution in [0.5, 0.6) is 0 Å². The minimum Gasteiger partial charge on any atom is -0.338 e. The number of tetrazole rings is 1. The third-order valence-electron chi connectivity index (χ3n) is 3.65. The summed E-state index contributed by atoms with van der Waals surface area (Å²) in [6, 6.07) is 5.43. The van der Waals surface area contributed by atoms with Gasteiger partial charge in [0, 0.05) is 6.54 Å². The predicted octanol–water partition coefficient (Wildman–Crippen LogP) is 2.24. The van der Waals surface area contributed by atoms with Gasteiger partial charge < -0.3 is 5.32 Å². The van der Waals surface area contributed by atoms with Crippen LogP contribution in [0.15, 0.2) is 23.4 Å². The van der Waals surface area contributed by atoms with E-state index in [1.807, 2.05) is 45.9 Å². The van der Waals surface area contributed by atoms with Crippen LogP contribution in [-0.2, 0) is 4.79 Å². The SMILES string of the molecule is Cc1cccc(C)c1-n1nnnc1SC(C)C(=O)NC(=O)NCC(C)C. The number of nitrogens with zero attached hydrogens (tertiary/aromatic N) is 4. The second-order valence-electron chi connectivity index (χ2n) is 6.47. The second-order valence-corrected chi connectivity index (χ2v) is 7.77. The first-order chi connectivity index (χ1) is 12.3. The van der Waals surface area contributed by atoms with Crippen LogP contribution in [0.3, 0.4) is 0 Å². The molecule has 1 heterocycles. The Bertz CT molecular complexity index is 769. The van der Waals surface area contributed by atoms with Gasteiger partial charge in [0.25, 0.3) is 0 Å². The lowest BCUT2D eigenvalue weighted by Gasteiger charge is -2.14. The smallest absolute Gasteiger partial charge is 0.321 e. The van der Waals surface area contributed by atoms with Crippen molar-refractivity contribution in [3.05, 3.63) is 29.3 Å². The van der Waals surface area contributed by atoms with Crippen molar-refractivity contribution in [3.63, 3.8) is 0 Å². The molecule has 2 aromatic rings. The Balaban J connectivity index is 2.07. The Morgan fingerprint density at radius 2 is 1.85 bits per heavy atom. The molecule has 140 valence electrons. The van der Waals surface area contributed by atoms with Crippen LogP contribution in [-0.4, -0.2) is 43.9 Å². The Hall–Kier alpha value is -2.42. The average Bonchev–Trinajstić information content (AvgIpc) is 3.00. The molecule has 0 saturated carbocycles. The number of hydrogen-bond acceptors (Lipinski definition) is 6. The lowest BCUT2D eigenvalue weighted by atomic mass is 10.1. The quantitative estimate of drug-likeness (QED) is 0.750. The summed E-state index contributed by atoms with van der Waals surface area (Å²) in [6.07, 6.45) is 0. The summed E-state index contributed by atoms with van der Waals surface area (Å²) in [6.45, 7) is 10.1. The lowest BCUT2D eigenvalue weighted by Crippen LogP contribution is -2.43. The Labute approximate surface area is 157 Å². The Morgan fingerprint density at radius 1 is 1.19 bits per heavy atom. The van der Waals surface area contributed by atoms with Crippen molar-refractivity contribution < 1.29 is 9.59 Å². The van der Waals surface area contributed by atoms with Crippen molar-refractivity contribution in [1.82, 2.24) is 30.8 Å². The van der Waals surface area contributed by atoms with E-state index in [0.29, 0.717) is 17.6 Å². The van der Waals surface area contributed by atoms with Crippen LogP contribution in [0.1, 0.15) is 31.9 Å². The number of aryl methyl sites for hydroxylation is 2. The zero-order valence-corrected chi connectivity index (χ0v) is 16.4. The first-order valence-electron chi connectivity index (χ1n) is 8.40. The molecule has 3 amide bonds. The Kier molecular flexibility index (Phi) is 6.73. The van der Waals surface area contributed by atoms with Gasteiger partial charge in [-0.05, 0) is 48.2 Å². The van der Waals surface area contributed by atoms with Gasteiger partial charge in [-0.2, -0.15) is 4.68 Å². The first kappa shape index (κ1) is 19.9.